The largest absolute Gasteiger partial charge is 0.462 e. The quantitative estimate of drug-likeness (QED) is 0.827. The highest BCUT2D eigenvalue weighted by Crippen LogP contribution is 2.23. The molecule has 6 nitrogen and oxygen atoms in total. The van der Waals surface area contributed by atoms with E-state index in [1.165, 1.54) is 28.6 Å². The zero-order valence-corrected chi connectivity index (χ0v) is 14.2. The van der Waals surface area contributed by atoms with Gasteiger partial charge in [-0.25, -0.2) is 13.2 Å². The molecule has 2 N–H and O–H groups in total. The van der Waals surface area contributed by atoms with Gasteiger partial charge in [0.15, 0.2) is 0 Å². The Morgan fingerprint density at radius 2 is 1.91 bits per heavy atom. The molecule has 0 aliphatic carbocycles. The molecule has 8 heteroatoms. The zero-order valence-electron chi connectivity index (χ0n) is 12.6. The van der Waals surface area contributed by atoms with Crippen LogP contribution in [0, 0.1) is 5.92 Å². The highest BCUT2D eigenvalue weighted by molar-refractivity contribution is 7.89. The van der Waals surface area contributed by atoms with Crippen molar-refractivity contribution < 1.29 is 17.9 Å². The third kappa shape index (κ3) is 3.78. The summed E-state index contributed by atoms with van der Waals surface area (Å²) < 4.78 is 31.2. The molecule has 2 rings (SSSR count). The molecule has 1 saturated heterocycles. The van der Waals surface area contributed by atoms with Gasteiger partial charge in [-0.3, -0.25) is 0 Å². The number of ether oxygens (including phenoxy) is 1. The Hall–Kier alpha value is -1.15. The zero-order chi connectivity index (χ0) is 15.6. The number of carbonyl (C=O) groups excluding carboxylic acids is 1. The number of carbonyl (C=O) groups is 1. The first kappa shape index (κ1) is 18.9. The van der Waals surface area contributed by atoms with Gasteiger partial charge in [0.25, 0.3) is 0 Å². The lowest BCUT2D eigenvalue weighted by molar-refractivity contribution is 0.0526. The second-order valence-electron chi connectivity index (χ2n) is 5.21. The predicted molar refractivity (Wildman–Crippen MR) is 85.5 cm³/mol. The Morgan fingerprint density at radius 1 is 1.32 bits per heavy atom. The first-order valence-electron chi connectivity index (χ1n) is 6.89. The third-order valence-electron chi connectivity index (χ3n) is 3.64. The van der Waals surface area contributed by atoms with E-state index in [0.29, 0.717) is 18.7 Å². The van der Waals surface area contributed by atoms with Crippen molar-refractivity contribution in [2.45, 2.75) is 24.8 Å². The summed E-state index contributed by atoms with van der Waals surface area (Å²) in [7, 11) is -3.56. The van der Waals surface area contributed by atoms with E-state index in [9.17, 15) is 13.2 Å². The van der Waals surface area contributed by atoms with Gasteiger partial charge in [0.1, 0.15) is 0 Å². The molecular formula is C14H21ClN2O4S. The number of nitrogens with two attached hydrogens (primary N) is 1. The van der Waals surface area contributed by atoms with Crippen molar-refractivity contribution in [3.05, 3.63) is 29.8 Å². The molecule has 1 heterocycles. The van der Waals surface area contributed by atoms with E-state index in [0.717, 1.165) is 0 Å². The number of benzene rings is 1. The Morgan fingerprint density at radius 3 is 2.36 bits per heavy atom. The van der Waals surface area contributed by atoms with Gasteiger partial charge >= 0.3 is 5.97 Å². The highest BCUT2D eigenvalue weighted by Gasteiger charge is 2.35. The normalized spacial score (nSPS) is 22.1. The molecular weight excluding hydrogens is 328 g/mol. The summed E-state index contributed by atoms with van der Waals surface area (Å²) in [5, 5.41) is 0. The van der Waals surface area contributed by atoms with E-state index < -0.39 is 16.0 Å². The molecule has 0 radical (unpaired) electrons. The molecule has 1 aromatic rings. The minimum atomic E-state index is -3.56. The molecule has 0 saturated carbocycles. The fourth-order valence-corrected chi connectivity index (χ4v) is 3.85. The summed E-state index contributed by atoms with van der Waals surface area (Å²) in [4.78, 5) is 11.7. The summed E-state index contributed by atoms with van der Waals surface area (Å²) in [6, 6.07) is 5.64. The summed E-state index contributed by atoms with van der Waals surface area (Å²) in [5.41, 5.74) is 6.21. The van der Waals surface area contributed by atoms with Gasteiger partial charge in [-0.2, -0.15) is 4.31 Å². The van der Waals surface area contributed by atoms with Crippen molar-refractivity contribution in [3.8, 4) is 0 Å². The fraction of sp³-hybridized carbons (Fsp3) is 0.500. The maximum absolute atomic E-state index is 12.5. The first-order valence-corrected chi connectivity index (χ1v) is 8.33. The van der Waals surface area contributed by atoms with E-state index in [1.54, 1.807) is 6.92 Å². The molecule has 0 spiro atoms. The molecule has 0 amide bonds. The van der Waals surface area contributed by atoms with Crippen molar-refractivity contribution in [2.24, 2.45) is 11.7 Å². The maximum Gasteiger partial charge on any atom is 0.338 e. The number of sulfonamides is 1. The van der Waals surface area contributed by atoms with Crippen LogP contribution in [0.2, 0.25) is 0 Å². The first-order chi connectivity index (χ1) is 9.86. The van der Waals surface area contributed by atoms with Crippen LogP contribution in [0.1, 0.15) is 24.2 Å². The minimum Gasteiger partial charge on any atom is -0.462 e. The van der Waals surface area contributed by atoms with Crippen LogP contribution in [-0.4, -0.2) is 44.4 Å². The van der Waals surface area contributed by atoms with Gasteiger partial charge in [-0.15, -0.1) is 12.4 Å². The molecule has 1 aliphatic rings. The topological polar surface area (TPSA) is 89.7 Å². The van der Waals surface area contributed by atoms with Crippen LogP contribution >= 0.6 is 12.4 Å². The van der Waals surface area contributed by atoms with Crippen molar-refractivity contribution in [2.75, 3.05) is 19.7 Å². The van der Waals surface area contributed by atoms with Gasteiger partial charge in [-0.1, -0.05) is 6.92 Å². The van der Waals surface area contributed by atoms with Crippen molar-refractivity contribution in [1.29, 1.82) is 0 Å². The van der Waals surface area contributed by atoms with Gasteiger partial charge < -0.3 is 10.5 Å². The third-order valence-corrected chi connectivity index (χ3v) is 5.49. The Labute approximate surface area is 137 Å². The van der Waals surface area contributed by atoms with Crippen LogP contribution in [0.15, 0.2) is 29.2 Å². The van der Waals surface area contributed by atoms with Crippen LogP contribution in [0.5, 0.6) is 0 Å². The van der Waals surface area contributed by atoms with E-state index >= 15 is 0 Å². The van der Waals surface area contributed by atoms with Crippen LogP contribution in [0.25, 0.3) is 0 Å². The number of hydrogen-bond donors (Lipinski definition) is 1. The minimum absolute atomic E-state index is 0. The monoisotopic (exact) mass is 348 g/mol. The van der Waals surface area contributed by atoms with Gasteiger partial charge in [0.05, 0.1) is 17.1 Å². The Kier molecular flexibility index (Phi) is 6.37. The van der Waals surface area contributed by atoms with Crippen LogP contribution < -0.4 is 5.73 Å². The Bertz CT molecular complexity index is 608. The lowest BCUT2D eigenvalue weighted by atomic mass is 10.1. The van der Waals surface area contributed by atoms with Gasteiger partial charge in [-0.05, 0) is 37.1 Å². The van der Waals surface area contributed by atoms with E-state index in [-0.39, 0.29) is 35.9 Å². The van der Waals surface area contributed by atoms with Crippen molar-refractivity contribution >= 4 is 28.4 Å². The second-order valence-corrected chi connectivity index (χ2v) is 7.15. The second kappa shape index (κ2) is 7.41. The lowest BCUT2D eigenvalue weighted by Crippen LogP contribution is -2.32. The summed E-state index contributed by atoms with van der Waals surface area (Å²) in [6.45, 7) is 4.67. The fourth-order valence-electron chi connectivity index (χ4n) is 2.27. The molecule has 0 bridgehead atoms. The number of rotatable bonds is 4. The van der Waals surface area contributed by atoms with Gasteiger partial charge in [0, 0.05) is 19.1 Å². The molecule has 1 aliphatic heterocycles. The smallest absolute Gasteiger partial charge is 0.338 e. The average molecular weight is 349 g/mol. The summed E-state index contributed by atoms with van der Waals surface area (Å²) in [6.07, 6.45) is 0. The SMILES string of the molecule is CCOC(=O)c1ccc(S(=O)(=O)N2CC(C)C(N)C2)cc1.Cl. The lowest BCUT2D eigenvalue weighted by Gasteiger charge is -2.16. The number of halogens is 1. The summed E-state index contributed by atoms with van der Waals surface area (Å²) >= 11 is 0. The number of esters is 1. The number of hydrogen-bond acceptors (Lipinski definition) is 5. The predicted octanol–water partition coefficient (Wildman–Crippen LogP) is 1.25. The molecule has 1 aromatic carbocycles. The van der Waals surface area contributed by atoms with E-state index in [1.807, 2.05) is 6.92 Å². The molecule has 2 unspecified atom stereocenters. The van der Waals surface area contributed by atoms with E-state index in [4.69, 9.17) is 10.5 Å². The highest BCUT2D eigenvalue weighted by atomic mass is 35.5. The van der Waals surface area contributed by atoms with Crippen LogP contribution in [0.3, 0.4) is 0 Å². The van der Waals surface area contributed by atoms with Crippen molar-refractivity contribution in [1.82, 2.24) is 4.31 Å². The number of nitrogens with zero attached hydrogens (tertiary/aromatic N) is 1. The maximum atomic E-state index is 12.5. The molecule has 22 heavy (non-hydrogen) atoms. The summed E-state index contributed by atoms with van der Waals surface area (Å²) in [5.74, 6) is -0.322. The molecule has 2 atom stereocenters. The van der Waals surface area contributed by atoms with Crippen LogP contribution in [0.4, 0.5) is 0 Å². The van der Waals surface area contributed by atoms with Gasteiger partial charge in [0.2, 0.25) is 10.0 Å². The molecule has 0 aromatic heterocycles. The van der Waals surface area contributed by atoms with Crippen molar-refractivity contribution in [3.63, 3.8) is 0 Å². The average Bonchev–Trinajstić information content (AvgIpc) is 2.80. The molecule has 1 fully saturated rings. The molecule has 124 valence electrons. The van der Waals surface area contributed by atoms with E-state index in [2.05, 4.69) is 0 Å². The van der Waals surface area contributed by atoms with Crippen LogP contribution in [-0.2, 0) is 14.8 Å². The Balaban J connectivity index is 0.00000242. The standard InChI is InChI=1S/C14H20N2O4S.ClH/c1-3-20-14(17)11-4-6-12(7-5-11)21(18,19)16-8-10(2)13(15)9-16;/h4-7,10,13H,3,8-9,15H2,1-2H3;1H.